The van der Waals surface area contributed by atoms with E-state index >= 15 is 0 Å². The molecule has 1 unspecified atom stereocenters. The van der Waals surface area contributed by atoms with Crippen molar-refractivity contribution < 1.29 is 9.13 Å². The van der Waals surface area contributed by atoms with Crippen LogP contribution in [-0.2, 0) is 12.1 Å². The van der Waals surface area contributed by atoms with Gasteiger partial charge in [0.15, 0.2) is 0 Å². The van der Waals surface area contributed by atoms with Crippen LogP contribution in [0, 0.1) is 0 Å². The van der Waals surface area contributed by atoms with E-state index in [0.29, 0.717) is 18.6 Å². The van der Waals surface area contributed by atoms with Crippen molar-refractivity contribution >= 4 is 0 Å². The van der Waals surface area contributed by atoms with Crippen LogP contribution < -0.4 is 10.5 Å². The molecule has 1 aromatic carbocycles. The SMILES string of the molecule is CCCC(F)(CN)c1ccc2c(c1)CCO2. The van der Waals surface area contributed by atoms with Crippen molar-refractivity contribution in [3.8, 4) is 5.75 Å². The minimum absolute atomic E-state index is 0.0421. The van der Waals surface area contributed by atoms with Crippen LogP contribution in [0.5, 0.6) is 5.75 Å². The van der Waals surface area contributed by atoms with Crippen molar-refractivity contribution in [3.05, 3.63) is 29.3 Å². The van der Waals surface area contributed by atoms with Crippen molar-refractivity contribution in [1.29, 1.82) is 0 Å². The van der Waals surface area contributed by atoms with E-state index in [2.05, 4.69) is 0 Å². The van der Waals surface area contributed by atoms with E-state index in [4.69, 9.17) is 10.5 Å². The Hall–Kier alpha value is -1.09. The van der Waals surface area contributed by atoms with E-state index in [1.165, 1.54) is 0 Å². The van der Waals surface area contributed by atoms with Crippen molar-refractivity contribution in [2.75, 3.05) is 13.2 Å². The zero-order valence-corrected chi connectivity index (χ0v) is 9.63. The number of fused-ring (bicyclic) bond motifs is 1. The Labute approximate surface area is 95.6 Å². The fourth-order valence-electron chi connectivity index (χ4n) is 2.23. The molecule has 0 saturated carbocycles. The maximum atomic E-state index is 14.6. The van der Waals surface area contributed by atoms with Crippen LogP contribution in [0.4, 0.5) is 4.39 Å². The zero-order chi connectivity index (χ0) is 11.6. The lowest BCUT2D eigenvalue weighted by Crippen LogP contribution is -2.30. The normalized spacial score (nSPS) is 17.7. The first-order valence-electron chi connectivity index (χ1n) is 5.85. The third kappa shape index (κ3) is 1.92. The molecule has 0 aliphatic carbocycles. The van der Waals surface area contributed by atoms with Crippen LogP contribution in [0.1, 0.15) is 30.9 Å². The standard InChI is InChI=1S/C13H18FNO/c1-2-6-13(14,9-15)11-3-4-12-10(8-11)5-7-16-12/h3-4,8H,2,5-7,9,15H2,1H3. The molecule has 0 radical (unpaired) electrons. The number of hydrogen-bond donors (Lipinski definition) is 1. The highest BCUT2D eigenvalue weighted by Crippen LogP contribution is 2.34. The summed E-state index contributed by atoms with van der Waals surface area (Å²) in [7, 11) is 0. The van der Waals surface area contributed by atoms with Gasteiger partial charge in [-0.05, 0) is 29.7 Å². The predicted molar refractivity (Wildman–Crippen MR) is 62.4 cm³/mol. The molecule has 0 fully saturated rings. The summed E-state index contributed by atoms with van der Waals surface area (Å²) in [6.07, 6.45) is 2.14. The van der Waals surface area contributed by atoms with Gasteiger partial charge in [0.25, 0.3) is 0 Å². The molecule has 2 nitrogen and oxygen atoms in total. The van der Waals surface area contributed by atoms with Gasteiger partial charge in [-0.25, -0.2) is 4.39 Å². The van der Waals surface area contributed by atoms with E-state index in [1.807, 2.05) is 19.1 Å². The molecule has 2 rings (SSSR count). The summed E-state index contributed by atoms with van der Waals surface area (Å²) < 4.78 is 20.0. The number of rotatable bonds is 4. The van der Waals surface area contributed by atoms with E-state index < -0.39 is 5.67 Å². The molecular formula is C13H18FNO. The largest absolute Gasteiger partial charge is 0.493 e. The lowest BCUT2D eigenvalue weighted by Gasteiger charge is -2.24. The van der Waals surface area contributed by atoms with Crippen LogP contribution in [0.25, 0.3) is 0 Å². The third-order valence-corrected chi connectivity index (χ3v) is 3.18. The number of nitrogens with two attached hydrogens (primary N) is 1. The van der Waals surface area contributed by atoms with Crippen molar-refractivity contribution in [2.24, 2.45) is 5.73 Å². The number of alkyl halides is 1. The molecule has 0 spiro atoms. The highest BCUT2D eigenvalue weighted by Gasteiger charge is 2.30. The van der Waals surface area contributed by atoms with Crippen LogP contribution >= 0.6 is 0 Å². The van der Waals surface area contributed by atoms with Crippen LogP contribution in [0.3, 0.4) is 0 Å². The summed E-state index contributed by atoms with van der Waals surface area (Å²) in [5.41, 5.74) is 5.98. The first-order chi connectivity index (χ1) is 7.69. The molecule has 1 aromatic rings. The molecule has 16 heavy (non-hydrogen) atoms. The monoisotopic (exact) mass is 223 g/mol. The summed E-state index contributed by atoms with van der Waals surface area (Å²) in [6, 6.07) is 5.56. The van der Waals surface area contributed by atoms with Gasteiger partial charge in [0, 0.05) is 13.0 Å². The molecule has 1 aliphatic rings. The maximum absolute atomic E-state index is 14.6. The summed E-state index contributed by atoms with van der Waals surface area (Å²) in [6.45, 7) is 2.72. The molecule has 1 heterocycles. The van der Waals surface area contributed by atoms with E-state index in [-0.39, 0.29) is 6.54 Å². The fraction of sp³-hybridized carbons (Fsp3) is 0.538. The van der Waals surface area contributed by atoms with Gasteiger partial charge in [-0.2, -0.15) is 0 Å². The molecule has 1 aliphatic heterocycles. The van der Waals surface area contributed by atoms with E-state index in [9.17, 15) is 4.39 Å². The second kappa shape index (κ2) is 4.42. The molecule has 0 amide bonds. The fourth-order valence-corrected chi connectivity index (χ4v) is 2.23. The Kier molecular flexibility index (Phi) is 3.15. The highest BCUT2D eigenvalue weighted by molar-refractivity contribution is 5.41. The van der Waals surface area contributed by atoms with Gasteiger partial charge in [-0.3, -0.25) is 0 Å². The molecule has 0 bridgehead atoms. The second-order valence-corrected chi connectivity index (χ2v) is 4.34. The van der Waals surface area contributed by atoms with Gasteiger partial charge in [0.2, 0.25) is 0 Å². The van der Waals surface area contributed by atoms with Crippen molar-refractivity contribution in [2.45, 2.75) is 31.9 Å². The molecule has 0 saturated heterocycles. The number of halogens is 1. The van der Waals surface area contributed by atoms with Crippen molar-refractivity contribution in [3.63, 3.8) is 0 Å². The van der Waals surface area contributed by atoms with Gasteiger partial charge in [0.05, 0.1) is 6.61 Å². The summed E-state index contributed by atoms with van der Waals surface area (Å²) in [5.74, 6) is 0.889. The van der Waals surface area contributed by atoms with Gasteiger partial charge in [-0.1, -0.05) is 19.4 Å². The quantitative estimate of drug-likeness (QED) is 0.851. The van der Waals surface area contributed by atoms with Gasteiger partial charge in [0.1, 0.15) is 11.4 Å². The van der Waals surface area contributed by atoms with E-state index in [1.54, 1.807) is 6.07 Å². The minimum atomic E-state index is -1.38. The van der Waals surface area contributed by atoms with Gasteiger partial charge in [-0.15, -0.1) is 0 Å². The predicted octanol–water partition coefficient (Wildman–Crippen LogP) is 2.55. The zero-order valence-electron chi connectivity index (χ0n) is 9.63. The molecule has 88 valence electrons. The smallest absolute Gasteiger partial charge is 0.148 e. The first-order valence-corrected chi connectivity index (χ1v) is 5.85. The Balaban J connectivity index is 2.32. The minimum Gasteiger partial charge on any atom is -0.493 e. The Morgan fingerprint density at radius 1 is 1.50 bits per heavy atom. The highest BCUT2D eigenvalue weighted by atomic mass is 19.1. The van der Waals surface area contributed by atoms with Gasteiger partial charge < -0.3 is 10.5 Å². The second-order valence-electron chi connectivity index (χ2n) is 4.34. The number of hydrogen-bond acceptors (Lipinski definition) is 2. The molecule has 3 heteroatoms. The lowest BCUT2D eigenvalue weighted by atomic mass is 9.90. The van der Waals surface area contributed by atoms with Crippen LogP contribution in [0.2, 0.25) is 0 Å². The van der Waals surface area contributed by atoms with Gasteiger partial charge >= 0.3 is 0 Å². The third-order valence-electron chi connectivity index (χ3n) is 3.18. The topological polar surface area (TPSA) is 35.2 Å². The Morgan fingerprint density at radius 3 is 3.00 bits per heavy atom. The Morgan fingerprint density at radius 2 is 2.31 bits per heavy atom. The average molecular weight is 223 g/mol. The van der Waals surface area contributed by atoms with E-state index in [0.717, 1.165) is 24.2 Å². The lowest BCUT2D eigenvalue weighted by molar-refractivity contribution is 0.159. The summed E-state index contributed by atoms with van der Waals surface area (Å²) >= 11 is 0. The Bertz CT molecular complexity index is 380. The van der Waals surface area contributed by atoms with Crippen molar-refractivity contribution in [1.82, 2.24) is 0 Å². The maximum Gasteiger partial charge on any atom is 0.148 e. The number of ether oxygens (including phenoxy) is 1. The summed E-state index contributed by atoms with van der Waals surface area (Å²) in [4.78, 5) is 0. The first kappa shape index (κ1) is 11.4. The number of benzene rings is 1. The molecule has 1 atom stereocenters. The van der Waals surface area contributed by atoms with Crippen LogP contribution in [0.15, 0.2) is 18.2 Å². The molecular weight excluding hydrogens is 205 g/mol. The van der Waals surface area contributed by atoms with Crippen LogP contribution in [-0.4, -0.2) is 13.2 Å². The molecule has 2 N–H and O–H groups in total. The summed E-state index contributed by atoms with van der Waals surface area (Å²) in [5, 5.41) is 0. The average Bonchev–Trinajstić information content (AvgIpc) is 2.76. The molecule has 0 aromatic heterocycles.